The Kier molecular flexibility index (Phi) is 30.5. The van der Waals surface area contributed by atoms with Crippen LogP contribution in [0.25, 0.3) is 0 Å². The van der Waals surface area contributed by atoms with Gasteiger partial charge in [-0.05, 0) is 87.9 Å². The molecule has 0 spiro atoms. The number of carbonyl (C=O) groups is 7. The second-order valence-corrected chi connectivity index (χ2v) is 20.9. The van der Waals surface area contributed by atoms with Crippen LogP contribution in [0.2, 0.25) is 0 Å². The molecule has 2 aliphatic heterocycles. The van der Waals surface area contributed by atoms with Crippen molar-refractivity contribution in [1.29, 1.82) is 0 Å². The van der Waals surface area contributed by atoms with Gasteiger partial charge >= 0.3 is 0 Å². The van der Waals surface area contributed by atoms with Gasteiger partial charge in [-0.25, -0.2) is 0 Å². The van der Waals surface area contributed by atoms with E-state index in [0.717, 1.165) is 36.0 Å². The predicted octanol–water partition coefficient (Wildman–Crippen LogP) is 0.549. The standard InChI is InChI=1S/C54H94N10O12/c1-6-35(3)30-36(4)16-12-10-8-9-11-13-19-46(69)58-33-47(70)59-41(7-2)53(74)64-34-40(67)32-44(64)51(72)61-48(45(68)31-38-20-22-39(66)23-21-38)52(73)60-42(17-14-24-55)54(75)63-27-15-18-43(63)50(71)62-49(37(5)65)57-26-29-76-28-25-56/h20-23,35-37,40-45,48-49,57,65-68H,6-19,24-34,55-56H2,1-5H3,(H,58,69)(H,59,70)(H,60,73)(H,61,72)(H,62,71)/t35?,36?,37-,40-,41?,42?,43?,44?,45-,48?,49?/m1/s1. The van der Waals surface area contributed by atoms with Gasteiger partial charge in [-0.1, -0.05) is 84.8 Å². The third-order valence-electron chi connectivity index (χ3n) is 14.4. The molecule has 76 heavy (non-hydrogen) atoms. The molecule has 0 aromatic heterocycles. The number of carbonyl (C=O) groups excluding carboxylic acids is 7. The number of β-amino-alcohol motifs (C(OH)–C–C–N with tert-alkyl or cyclic N) is 1. The van der Waals surface area contributed by atoms with Gasteiger partial charge in [0.1, 0.15) is 42.1 Å². The van der Waals surface area contributed by atoms with E-state index < -0.39 is 90.1 Å². The fourth-order valence-electron chi connectivity index (χ4n) is 9.80. The second kappa shape index (κ2) is 35.4. The largest absolute Gasteiger partial charge is 0.508 e. The SMILES string of the molecule is CCC(C)CC(C)CCCCCCCCC(=O)NCC(=O)NC(CC)C(=O)N1C[C@H](O)CC1C(=O)NC(C(=O)NC(CCCN)C(=O)N1CCCC1C(=O)NC(NCCOCCN)[C@@H](C)O)[C@H](O)Cc1ccc(O)cc1. The molecule has 2 fully saturated rings. The van der Waals surface area contributed by atoms with Crippen molar-refractivity contribution in [2.75, 3.05) is 52.5 Å². The number of rotatable bonds is 37. The fourth-order valence-corrected chi connectivity index (χ4v) is 9.80. The average Bonchev–Trinajstić information content (AvgIpc) is 4.05. The summed E-state index contributed by atoms with van der Waals surface area (Å²) in [6.07, 6.45) is 6.15. The fraction of sp³-hybridized carbons (Fsp3) is 0.759. The number of benzene rings is 1. The molecular formula is C54H94N10O12. The second-order valence-electron chi connectivity index (χ2n) is 20.9. The smallest absolute Gasteiger partial charge is 0.245 e. The van der Waals surface area contributed by atoms with Gasteiger partial charge in [0.05, 0.1) is 38.1 Å². The van der Waals surface area contributed by atoms with Crippen LogP contribution in [0.1, 0.15) is 143 Å². The Bertz CT molecular complexity index is 1930. The highest BCUT2D eigenvalue weighted by Crippen LogP contribution is 2.24. The monoisotopic (exact) mass is 1070 g/mol. The molecule has 2 aliphatic rings. The number of ether oxygens (including phenoxy) is 1. The number of phenolic OH excluding ortho intramolecular Hbond substituents is 1. The first-order valence-electron chi connectivity index (χ1n) is 27.9. The van der Waals surface area contributed by atoms with Crippen LogP contribution in [-0.4, -0.2) is 179 Å². The minimum atomic E-state index is -1.74. The Hall–Kier alpha value is -4.97. The molecule has 0 radical (unpaired) electrons. The van der Waals surface area contributed by atoms with E-state index in [2.05, 4.69) is 52.7 Å². The van der Waals surface area contributed by atoms with E-state index in [9.17, 15) is 54.0 Å². The summed E-state index contributed by atoms with van der Waals surface area (Å²) in [6.45, 7) is 10.9. The zero-order valence-electron chi connectivity index (χ0n) is 45.9. The molecule has 8 unspecified atom stereocenters. The van der Waals surface area contributed by atoms with E-state index in [1.807, 2.05) is 0 Å². The molecule has 7 amide bonds. The molecule has 2 heterocycles. The summed E-state index contributed by atoms with van der Waals surface area (Å²) in [5.74, 6) is -3.14. The lowest BCUT2D eigenvalue weighted by atomic mass is 9.91. The van der Waals surface area contributed by atoms with Crippen LogP contribution in [0.5, 0.6) is 5.75 Å². The number of aliphatic hydroxyl groups is 3. The van der Waals surface area contributed by atoms with E-state index in [0.29, 0.717) is 44.5 Å². The molecule has 3 rings (SSSR count). The maximum Gasteiger partial charge on any atom is 0.245 e. The van der Waals surface area contributed by atoms with Crippen LogP contribution in [0.4, 0.5) is 0 Å². The van der Waals surface area contributed by atoms with Crippen LogP contribution in [0.3, 0.4) is 0 Å². The molecule has 0 saturated carbocycles. The Morgan fingerprint density at radius 2 is 1.41 bits per heavy atom. The van der Waals surface area contributed by atoms with Gasteiger partial charge in [-0.2, -0.15) is 0 Å². The highest BCUT2D eigenvalue weighted by molar-refractivity contribution is 5.97. The van der Waals surface area contributed by atoms with E-state index in [4.69, 9.17) is 16.2 Å². The lowest BCUT2D eigenvalue weighted by Gasteiger charge is -2.33. The van der Waals surface area contributed by atoms with Crippen molar-refractivity contribution in [3.05, 3.63) is 29.8 Å². The van der Waals surface area contributed by atoms with Crippen molar-refractivity contribution >= 4 is 41.4 Å². The number of hydrogen-bond donors (Lipinski definition) is 12. The Morgan fingerprint density at radius 1 is 0.737 bits per heavy atom. The first-order valence-corrected chi connectivity index (χ1v) is 27.9. The summed E-state index contributed by atoms with van der Waals surface area (Å²) in [7, 11) is 0. The molecule has 432 valence electrons. The third kappa shape index (κ3) is 22.9. The molecule has 1 aromatic carbocycles. The van der Waals surface area contributed by atoms with E-state index >= 15 is 0 Å². The maximum absolute atomic E-state index is 14.4. The van der Waals surface area contributed by atoms with Crippen LogP contribution < -0.4 is 43.4 Å². The third-order valence-corrected chi connectivity index (χ3v) is 14.4. The zero-order chi connectivity index (χ0) is 56.2. The van der Waals surface area contributed by atoms with Crippen LogP contribution in [0.15, 0.2) is 24.3 Å². The van der Waals surface area contributed by atoms with Gasteiger partial charge in [-0.3, -0.25) is 38.9 Å². The quantitative estimate of drug-likeness (QED) is 0.0320. The number of aromatic hydroxyl groups is 1. The Labute approximate surface area is 450 Å². The summed E-state index contributed by atoms with van der Waals surface area (Å²) in [4.78, 5) is 99.0. The number of hydrogen-bond acceptors (Lipinski definition) is 15. The highest BCUT2D eigenvalue weighted by atomic mass is 16.5. The molecule has 0 aliphatic carbocycles. The predicted molar refractivity (Wildman–Crippen MR) is 288 cm³/mol. The van der Waals surface area contributed by atoms with Crippen molar-refractivity contribution in [3.63, 3.8) is 0 Å². The van der Waals surface area contributed by atoms with Gasteiger partial charge in [-0.15, -0.1) is 0 Å². The molecular weight excluding hydrogens is 981 g/mol. The first kappa shape index (κ1) is 65.3. The number of phenols is 1. The van der Waals surface area contributed by atoms with Crippen molar-refractivity contribution in [1.82, 2.24) is 41.7 Å². The van der Waals surface area contributed by atoms with Crippen molar-refractivity contribution < 1.29 is 58.7 Å². The number of nitrogens with one attached hydrogen (secondary N) is 6. The van der Waals surface area contributed by atoms with Crippen LogP contribution >= 0.6 is 0 Å². The van der Waals surface area contributed by atoms with E-state index in [-0.39, 0.29) is 83.0 Å². The minimum Gasteiger partial charge on any atom is -0.508 e. The number of unbranched alkanes of at least 4 members (excludes halogenated alkanes) is 5. The van der Waals surface area contributed by atoms with Gasteiger partial charge in [0.25, 0.3) is 0 Å². The van der Waals surface area contributed by atoms with Crippen molar-refractivity contribution in [3.8, 4) is 5.75 Å². The lowest BCUT2D eigenvalue weighted by molar-refractivity contribution is -0.144. The van der Waals surface area contributed by atoms with Gasteiger partial charge in [0.15, 0.2) is 0 Å². The summed E-state index contributed by atoms with van der Waals surface area (Å²) >= 11 is 0. The van der Waals surface area contributed by atoms with Gasteiger partial charge in [0, 0.05) is 45.4 Å². The molecule has 1 aromatic rings. The Balaban J connectivity index is 1.68. The average molecular weight is 1080 g/mol. The first-order chi connectivity index (χ1) is 36.3. The molecule has 22 heteroatoms. The highest BCUT2D eigenvalue weighted by Gasteiger charge is 2.44. The summed E-state index contributed by atoms with van der Waals surface area (Å²) < 4.78 is 5.38. The van der Waals surface area contributed by atoms with Crippen molar-refractivity contribution in [2.24, 2.45) is 23.3 Å². The minimum absolute atomic E-state index is 0.0324. The normalized spacial score (nSPS) is 19.6. The number of nitrogens with two attached hydrogens (primary N) is 2. The van der Waals surface area contributed by atoms with Crippen LogP contribution in [0, 0.1) is 11.8 Å². The van der Waals surface area contributed by atoms with Gasteiger partial charge in [0.2, 0.25) is 41.4 Å². The van der Waals surface area contributed by atoms with Crippen molar-refractivity contribution in [2.45, 2.75) is 198 Å². The lowest BCUT2D eigenvalue weighted by Crippen LogP contribution is -2.62. The Morgan fingerprint density at radius 3 is 2.07 bits per heavy atom. The number of aliphatic hydroxyl groups excluding tert-OH is 3. The maximum atomic E-state index is 14.4. The topological polar surface area (TPSA) is 340 Å². The number of amides is 7. The summed E-state index contributed by atoms with van der Waals surface area (Å²) in [5, 5.41) is 59.2. The summed E-state index contributed by atoms with van der Waals surface area (Å²) in [5.41, 5.74) is 11.8. The molecule has 0 bridgehead atoms. The zero-order valence-corrected chi connectivity index (χ0v) is 45.9. The summed E-state index contributed by atoms with van der Waals surface area (Å²) in [6, 6.07) is -0.629. The van der Waals surface area contributed by atoms with Gasteiger partial charge < -0.3 is 73.0 Å². The number of nitrogens with zero attached hydrogens (tertiary/aromatic N) is 2. The number of likely N-dealkylation sites (tertiary alicyclic amines) is 2. The molecule has 2 saturated heterocycles. The van der Waals surface area contributed by atoms with E-state index in [1.165, 1.54) is 68.2 Å². The molecule has 11 atom stereocenters. The van der Waals surface area contributed by atoms with Crippen LogP contribution in [-0.2, 0) is 44.7 Å². The molecule has 14 N–H and O–H groups in total. The van der Waals surface area contributed by atoms with E-state index in [1.54, 1.807) is 6.92 Å². The molecule has 22 nitrogen and oxygen atoms in total.